The van der Waals surface area contributed by atoms with Gasteiger partial charge in [0.1, 0.15) is 11.6 Å². The molecule has 2 aromatic heterocycles. The lowest BCUT2D eigenvalue weighted by Crippen LogP contribution is -1.97. The van der Waals surface area contributed by atoms with Crippen LogP contribution in [-0.4, -0.2) is 17.1 Å². The van der Waals surface area contributed by atoms with Crippen molar-refractivity contribution in [1.29, 1.82) is 0 Å². The maximum atomic E-state index is 13.4. The summed E-state index contributed by atoms with van der Waals surface area (Å²) in [4.78, 5) is 8.83. The normalized spacial score (nSPS) is 10.8. The van der Waals surface area contributed by atoms with Gasteiger partial charge in [0.05, 0.1) is 24.0 Å². The third-order valence-corrected chi connectivity index (χ3v) is 3.24. The molecule has 20 heavy (non-hydrogen) atoms. The van der Waals surface area contributed by atoms with Crippen LogP contribution in [-0.2, 0) is 0 Å². The van der Waals surface area contributed by atoms with E-state index in [0.29, 0.717) is 17.0 Å². The Hall–Kier alpha value is -2.49. The van der Waals surface area contributed by atoms with E-state index in [1.807, 2.05) is 25.1 Å². The lowest BCUT2D eigenvalue weighted by molar-refractivity contribution is 0.416. The molecule has 0 atom stereocenters. The molecular formula is C16H13FN2O. The monoisotopic (exact) mass is 268 g/mol. The minimum absolute atomic E-state index is 0.317. The van der Waals surface area contributed by atoms with Crippen LogP contribution in [0.3, 0.4) is 0 Å². The van der Waals surface area contributed by atoms with E-state index in [2.05, 4.69) is 9.97 Å². The summed E-state index contributed by atoms with van der Waals surface area (Å²) < 4.78 is 18.9. The fourth-order valence-electron chi connectivity index (χ4n) is 2.32. The third-order valence-electron chi connectivity index (χ3n) is 3.24. The Morgan fingerprint density at radius 2 is 2.00 bits per heavy atom. The highest BCUT2D eigenvalue weighted by molar-refractivity contribution is 5.89. The van der Waals surface area contributed by atoms with Gasteiger partial charge >= 0.3 is 0 Å². The number of pyridine rings is 2. The summed E-state index contributed by atoms with van der Waals surface area (Å²) in [6, 6.07) is 10.1. The molecular weight excluding hydrogens is 255 g/mol. The van der Waals surface area contributed by atoms with Crippen LogP contribution in [0.5, 0.6) is 5.75 Å². The molecule has 3 aromatic rings. The second kappa shape index (κ2) is 4.89. The molecule has 0 fully saturated rings. The average Bonchev–Trinajstić information content (AvgIpc) is 2.48. The van der Waals surface area contributed by atoms with Gasteiger partial charge < -0.3 is 4.74 Å². The number of rotatable bonds is 2. The van der Waals surface area contributed by atoms with Gasteiger partial charge in [-0.25, -0.2) is 9.37 Å². The van der Waals surface area contributed by atoms with Gasteiger partial charge in [-0.1, -0.05) is 6.07 Å². The van der Waals surface area contributed by atoms with E-state index in [4.69, 9.17) is 4.74 Å². The number of aromatic nitrogens is 2. The lowest BCUT2D eigenvalue weighted by atomic mass is 10.1. The van der Waals surface area contributed by atoms with Crippen LogP contribution in [0.25, 0.3) is 22.3 Å². The highest BCUT2D eigenvalue weighted by Crippen LogP contribution is 2.34. The zero-order valence-corrected chi connectivity index (χ0v) is 11.2. The Morgan fingerprint density at radius 3 is 2.70 bits per heavy atom. The molecule has 2 heterocycles. The van der Waals surface area contributed by atoms with Gasteiger partial charge in [0.25, 0.3) is 0 Å². The Morgan fingerprint density at radius 1 is 1.15 bits per heavy atom. The summed E-state index contributed by atoms with van der Waals surface area (Å²) in [5.41, 5.74) is 2.91. The van der Waals surface area contributed by atoms with Crippen LogP contribution in [0.4, 0.5) is 4.39 Å². The molecule has 0 amide bonds. The van der Waals surface area contributed by atoms with Crippen LogP contribution in [0.2, 0.25) is 0 Å². The number of methoxy groups -OCH3 is 1. The maximum Gasteiger partial charge on any atom is 0.133 e. The van der Waals surface area contributed by atoms with E-state index >= 15 is 0 Å². The molecule has 0 aliphatic heterocycles. The summed E-state index contributed by atoms with van der Waals surface area (Å²) in [5.74, 6) is 0.388. The number of fused-ring (bicyclic) bond motifs is 1. The smallest absolute Gasteiger partial charge is 0.133 e. The van der Waals surface area contributed by atoms with E-state index < -0.39 is 0 Å². The van der Waals surface area contributed by atoms with E-state index in [0.717, 1.165) is 16.6 Å². The minimum Gasteiger partial charge on any atom is -0.496 e. The van der Waals surface area contributed by atoms with Crippen LogP contribution < -0.4 is 4.74 Å². The van der Waals surface area contributed by atoms with E-state index in [9.17, 15) is 4.39 Å². The molecule has 0 saturated carbocycles. The maximum absolute atomic E-state index is 13.4. The van der Waals surface area contributed by atoms with Gasteiger partial charge in [0.2, 0.25) is 0 Å². The van der Waals surface area contributed by atoms with Gasteiger partial charge in [0.15, 0.2) is 0 Å². The van der Waals surface area contributed by atoms with Crippen LogP contribution in [0.15, 0.2) is 42.6 Å². The van der Waals surface area contributed by atoms with Gasteiger partial charge in [0, 0.05) is 23.2 Å². The first kappa shape index (κ1) is 12.5. The highest BCUT2D eigenvalue weighted by Gasteiger charge is 2.14. The molecule has 4 heteroatoms. The molecule has 0 aliphatic carbocycles. The number of ether oxygens (including phenoxy) is 1. The number of hydrogen-bond acceptors (Lipinski definition) is 3. The van der Waals surface area contributed by atoms with Gasteiger partial charge in [-0.2, -0.15) is 0 Å². The number of hydrogen-bond donors (Lipinski definition) is 0. The van der Waals surface area contributed by atoms with Crippen molar-refractivity contribution in [3.8, 4) is 17.1 Å². The fourth-order valence-corrected chi connectivity index (χ4v) is 2.32. The minimum atomic E-state index is -0.317. The van der Waals surface area contributed by atoms with Crippen LogP contribution in [0.1, 0.15) is 5.56 Å². The predicted molar refractivity (Wildman–Crippen MR) is 76.2 cm³/mol. The largest absolute Gasteiger partial charge is 0.496 e. The first-order valence-corrected chi connectivity index (χ1v) is 6.26. The van der Waals surface area contributed by atoms with Gasteiger partial charge in [-0.05, 0) is 31.2 Å². The first-order chi connectivity index (χ1) is 9.70. The first-order valence-electron chi connectivity index (χ1n) is 6.26. The molecule has 100 valence electrons. The molecule has 1 aromatic carbocycles. The van der Waals surface area contributed by atoms with Crippen molar-refractivity contribution in [2.45, 2.75) is 6.92 Å². The molecule has 0 N–H and O–H groups in total. The Balaban J connectivity index is 2.36. The SMILES string of the molecule is COc1c(C)c(-c2ccccn2)nc2cc(F)ccc12. The van der Waals surface area contributed by atoms with Crippen molar-refractivity contribution in [2.75, 3.05) is 7.11 Å². The molecule has 0 saturated heterocycles. The lowest BCUT2D eigenvalue weighted by Gasteiger charge is -2.13. The molecule has 0 spiro atoms. The van der Waals surface area contributed by atoms with E-state index in [-0.39, 0.29) is 5.82 Å². The van der Waals surface area contributed by atoms with E-state index in [1.165, 1.54) is 12.1 Å². The van der Waals surface area contributed by atoms with Crippen molar-refractivity contribution in [1.82, 2.24) is 9.97 Å². The standard InChI is InChI=1S/C16H13FN2O/c1-10-15(13-5-3-4-8-18-13)19-14-9-11(17)6-7-12(14)16(10)20-2/h3-9H,1-2H3. The molecule has 0 unspecified atom stereocenters. The second-order valence-electron chi connectivity index (χ2n) is 4.50. The molecule has 3 nitrogen and oxygen atoms in total. The molecule has 0 radical (unpaired) electrons. The van der Waals surface area contributed by atoms with Crippen molar-refractivity contribution in [2.24, 2.45) is 0 Å². The van der Waals surface area contributed by atoms with Crippen molar-refractivity contribution in [3.05, 3.63) is 54.0 Å². The summed E-state index contributed by atoms with van der Waals surface area (Å²) in [5, 5.41) is 0.797. The Kier molecular flexibility index (Phi) is 3.06. The molecule has 0 aliphatic rings. The Labute approximate surface area is 116 Å². The Bertz CT molecular complexity index is 772. The van der Waals surface area contributed by atoms with Crippen molar-refractivity contribution >= 4 is 10.9 Å². The molecule has 0 bridgehead atoms. The topological polar surface area (TPSA) is 35.0 Å². The fraction of sp³-hybridized carbons (Fsp3) is 0.125. The van der Waals surface area contributed by atoms with Crippen LogP contribution >= 0.6 is 0 Å². The zero-order valence-electron chi connectivity index (χ0n) is 11.2. The number of benzene rings is 1. The second-order valence-corrected chi connectivity index (χ2v) is 4.50. The van der Waals surface area contributed by atoms with Crippen LogP contribution in [0, 0.1) is 12.7 Å². The predicted octanol–water partition coefficient (Wildman–Crippen LogP) is 3.75. The van der Waals surface area contributed by atoms with E-state index in [1.54, 1.807) is 19.4 Å². The summed E-state index contributed by atoms with van der Waals surface area (Å²) >= 11 is 0. The number of halogens is 1. The third kappa shape index (κ3) is 1.99. The summed E-state index contributed by atoms with van der Waals surface area (Å²) in [7, 11) is 1.60. The quantitative estimate of drug-likeness (QED) is 0.710. The molecule has 3 rings (SSSR count). The van der Waals surface area contributed by atoms with Gasteiger partial charge in [-0.15, -0.1) is 0 Å². The van der Waals surface area contributed by atoms with Crippen molar-refractivity contribution < 1.29 is 9.13 Å². The zero-order chi connectivity index (χ0) is 14.1. The summed E-state index contributed by atoms with van der Waals surface area (Å²) in [6.45, 7) is 1.93. The average molecular weight is 268 g/mol. The highest BCUT2D eigenvalue weighted by atomic mass is 19.1. The number of nitrogens with zero attached hydrogens (tertiary/aromatic N) is 2. The van der Waals surface area contributed by atoms with Gasteiger partial charge in [-0.3, -0.25) is 4.98 Å². The van der Waals surface area contributed by atoms with Crippen molar-refractivity contribution in [3.63, 3.8) is 0 Å². The summed E-state index contributed by atoms with van der Waals surface area (Å²) in [6.07, 6.45) is 1.71.